The van der Waals surface area contributed by atoms with Gasteiger partial charge in [0.2, 0.25) is 0 Å². The normalized spacial score (nSPS) is 19.0. The highest BCUT2D eigenvalue weighted by atomic mass is 16.5. The number of ether oxygens (including phenoxy) is 1. The van der Waals surface area contributed by atoms with Crippen LogP contribution < -0.4 is 15.5 Å². The van der Waals surface area contributed by atoms with E-state index in [1.54, 1.807) is 0 Å². The van der Waals surface area contributed by atoms with Gasteiger partial charge in [0.05, 0.1) is 25.1 Å². The summed E-state index contributed by atoms with van der Waals surface area (Å²) >= 11 is 0. The van der Waals surface area contributed by atoms with Crippen LogP contribution in [0.25, 0.3) is 29.0 Å². The molecule has 0 atom stereocenters. The average molecular weight is 566 g/mol. The van der Waals surface area contributed by atoms with Crippen LogP contribution in [0.4, 0.5) is 5.82 Å². The van der Waals surface area contributed by atoms with E-state index >= 15 is 0 Å². The van der Waals surface area contributed by atoms with Crippen LogP contribution in [-0.2, 0) is 18.3 Å². The van der Waals surface area contributed by atoms with Crippen LogP contribution in [-0.4, -0.2) is 72.1 Å². The first kappa shape index (κ1) is 28.4. The molecule has 1 spiro atoms. The van der Waals surface area contributed by atoms with Crippen molar-refractivity contribution in [1.29, 1.82) is 0 Å². The summed E-state index contributed by atoms with van der Waals surface area (Å²) in [4.78, 5) is 9.54. The van der Waals surface area contributed by atoms with Gasteiger partial charge in [-0.1, -0.05) is 31.4 Å². The number of aromatic nitrogens is 3. The Morgan fingerprint density at radius 1 is 1.10 bits per heavy atom. The molecule has 42 heavy (non-hydrogen) atoms. The van der Waals surface area contributed by atoms with Gasteiger partial charge in [-0.15, -0.1) is 0 Å². The molecule has 3 aliphatic rings. The van der Waals surface area contributed by atoms with E-state index in [-0.39, 0.29) is 0 Å². The van der Waals surface area contributed by atoms with Crippen molar-refractivity contribution in [3.8, 4) is 11.1 Å². The molecular formula is C34H43N7O. The molecule has 0 bridgehead atoms. The van der Waals surface area contributed by atoms with Crippen LogP contribution >= 0.6 is 0 Å². The van der Waals surface area contributed by atoms with E-state index in [0.717, 1.165) is 104 Å². The number of nitrogens with zero attached hydrogens (tertiary/aromatic N) is 5. The van der Waals surface area contributed by atoms with Gasteiger partial charge in [0.15, 0.2) is 0 Å². The lowest BCUT2D eigenvalue weighted by atomic mass is 9.73. The van der Waals surface area contributed by atoms with Crippen molar-refractivity contribution in [2.45, 2.75) is 26.3 Å². The largest absolute Gasteiger partial charge is 0.379 e. The molecule has 5 heterocycles. The number of pyridine rings is 1. The van der Waals surface area contributed by atoms with Gasteiger partial charge in [-0.25, -0.2) is 4.98 Å². The number of morpholine rings is 1. The number of piperidine rings is 1. The van der Waals surface area contributed by atoms with E-state index in [4.69, 9.17) is 9.72 Å². The van der Waals surface area contributed by atoms with Gasteiger partial charge in [-0.3, -0.25) is 9.58 Å². The first-order valence-corrected chi connectivity index (χ1v) is 15.1. The molecule has 1 aromatic carbocycles. The zero-order chi connectivity index (χ0) is 29.1. The van der Waals surface area contributed by atoms with Gasteiger partial charge in [0, 0.05) is 81.6 Å². The van der Waals surface area contributed by atoms with Crippen molar-refractivity contribution >= 4 is 23.7 Å². The third-order valence-corrected chi connectivity index (χ3v) is 9.12. The Labute approximate surface area is 249 Å². The number of allylic oxidation sites excluding steroid dienone is 1. The number of aryl methyl sites for hydroxylation is 1. The molecule has 0 saturated carbocycles. The van der Waals surface area contributed by atoms with Gasteiger partial charge in [-0.2, -0.15) is 5.10 Å². The number of nitrogens with one attached hydrogen (secondary N) is 2. The highest BCUT2D eigenvalue weighted by molar-refractivity contribution is 5.75. The second kappa shape index (κ2) is 12.3. The van der Waals surface area contributed by atoms with E-state index in [1.807, 2.05) is 36.3 Å². The van der Waals surface area contributed by atoms with Gasteiger partial charge in [0.25, 0.3) is 0 Å². The maximum absolute atomic E-state index is 5.54. The molecule has 220 valence electrons. The summed E-state index contributed by atoms with van der Waals surface area (Å²) in [5.74, 6) is 1.03. The van der Waals surface area contributed by atoms with Crippen LogP contribution in [0, 0.1) is 5.41 Å². The molecular weight excluding hydrogens is 522 g/mol. The number of hydrogen-bond donors (Lipinski definition) is 2. The van der Waals surface area contributed by atoms with E-state index in [0.29, 0.717) is 5.41 Å². The van der Waals surface area contributed by atoms with Crippen molar-refractivity contribution in [2.75, 3.05) is 57.4 Å². The van der Waals surface area contributed by atoms with Crippen molar-refractivity contribution in [3.63, 3.8) is 0 Å². The molecule has 0 aliphatic carbocycles. The average Bonchev–Trinajstić information content (AvgIpc) is 3.36. The summed E-state index contributed by atoms with van der Waals surface area (Å²) in [6.07, 6.45) is 10.4. The zero-order valence-corrected chi connectivity index (χ0v) is 25.0. The zero-order valence-electron chi connectivity index (χ0n) is 25.0. The minimum absolute atomic E-state index is 0.518. The fourth-order valence-corrected chi connectivity index (χ4v) is 6.32. The monoisotopic (exact) mass is 565 g/mol. The van der Waals surface area contributed by atoms with Crippen LogP contribution in [0.1, 0.15) is 42.1 Å². The Morgan fingerprint density at radius 2 is 1.88 bits per heavy atom. The number of anilines is 1. The highest BCUT2D eigenvalue weighted by Crippen LogP contribution is 2.36. The molecule has 0 radical (unpaired) electrons. The molecule has 8 nitrogen and oxygen atoms in total. The van der Waals surface area contributed by atoms with Crippen LogP contribution in [0.3, 0.4) is 0 Å². The second-order valence-corrected chi connectivity index (χ2v) is 12.0. The van der Waals surface area contributed by atoms with Crippen LogP contribution in [0.5, 0.6) is 0 Å². The Morgan fingerprint density at radius 3 is 2.60 bits per heavy atom. The molecule has 3 saturated heterocycles. The highest BCUT2D eigenvalue weighted by Gasteiger charge is 2.39. The maximum atomic E-state index is 5.54. The lowest BCUT2D eigenvalue weighted by molar-refractivity contribution is 0.0332. The molecule has 3 aliphatic heterocycles. The fraction of sp³-hybridized carbons (Fsp3) is 0.412. The molecule has 2 aromatic heterocycles. The number of benzene rings is 1. The molecule has 0 unspecified atom stereocenters. The second-order valence-electron chi connectivity index (χ2n) is 12.0. The number of hydrogen-bond acceptors (Lipinski definition) is 7. The van der Waals surface area contributed by atoms with Crippen molar-refractivity contribution in [1.82, 2.24) is 30.3 Å². The summed E-state index contributed by atoms with van der Waals surface area (Å²) in [6.45, 7) is 19.3. The Balaban J connectivity index is 1.17. The summed E-state index contributed by atoms with van der Waals surface area (Å²) in [5.41, 5.74) is 9.15. The van der Waals surface area contributed by atoms with Gasteiger partial charge >= 0.3 is 0 Å². The lowest BCUT2D eigenvalue weighted by Crippen LogP contribution is -2.58. The molecule has 3 aromatic rings. The SMILES string of the molecule is C=Cc1ccc(-c2cnn(C)c2CN2CCOCC2)cc1/C=C(\C)NC(=C)c1ccnc(N2CCC3(CC2)CNC3)c1. The smallest absolute Gasteiger partial charge is 0.129 e. The minimum atomic E-state index is 0.518. The Kier molecular flexibility index (Phi) is 8.29. The van der Waals surface area contributed by atoms with Crippen molar-refractivity contribution in [2.24, 2.45) is 12.5 Å². The third kappa shape index (κ3) is 6.07. The molecule has 0 amide bonds. The summed E-state index contributed by atoms with van der Waals surface area (Å²) in [6, 6.07) is 10.7. The predicted molar refractivity (Wildman–Crippen MR) is 172 cm³/mol. The van der Waals surface area contributed by atoms with Gasteiger partial charge < -0.3 is 20.3 Å². The quantitative estimate of drug-likeness (QED) is 0.387. The van der Waals surface area contributed by atoms with Crippen molar-refractivity contribution in [3.05, 3.63) is 84.0 Å². The van der Waals surface area contributed by atoms with Crippen LogP contribution in [0.15, 0.2) is 61.6 Å². The van der Waals surface area contributed by atoms with Gasteiger partial charge in [0.1, 0.15) is 5.82 Å². The molecule has 6 rings (SSSR count). The first-order valence-electron chi connectivity index (χ1n) is 15.1. The maximum Gasteiger partial charge on any atom is 0.129 e. The Hall–Kier alpha value is -3.72. The summed E-state index contributed by atoms with van der Waals surface area (Å²) in [7, 11) is 2.02. The molecule has 2 N–H and O–H groups in total. The molecule has 8 heteroatoms. The van der Waals surface area contributed by atoms with Crippen molar-refractivity contribution < 1.29 is 4.74 Å². The van der Waals surface area contributed by atoms with E-state index in [1.165, 1.54) is 18.5 Å². The van der Waals surface area contributed by atoms with Gasteiger partial charge in [-0.05, 0) is 66.1 Å². The topological polar surface area (TPSA) is 70.5 Å². The lowest BCUT2D eigenvalue weighted by Gasteiger charge is -2.48. The Bertz CT molecular complexity index is 1470. The molecule has 3 fully saturated rings. The van der Waals surface area contributed by atoms with E-state index in [2.05, 4.69) is 76.0 Å². The summed E-state index contributed by atoms with van der Waals surface area (Å²) in [5, 5.41) is 11.6. The third-order valence-electron chi connectivity index (χ3n) is 9.12. The standard InChI is InChI=1S/C34H43N7O/c1-5-27-6-7-29(31-21-37-39(4)32(31)22-40-14-16-42-17-15-40)19-30(27)18-25(2)38-26(3)28-8-11-36-33(20-28)41-12-9-34(10-13-41)23-35-24-34/h5-8,11,18-21,35,38H,1,3,9-10,12-17,22-24H2,2,4H3/b25-18+. The fourth-order valence-electron chi connectivity index (χ4n) is 6.32. The predicted octanol–water partition coefficient (Wildman–Crippen LogP) is 4.77. The van der Waals surface area contributed by atoms with Crippen LogP contribution in [0.2, 0.25) is 0 Å². The minimum Gasteiger partial charge on any atom is -0.379 e. The number of rotatable bonds is 9. The first-order chi connectivity index (χ1) is 20.4. The van der Waals surface area contributed by atoms with E-state index < -0.39 is 0 Å². The van der Waals surface area contributed by atoms with E-state index in [9.17, 15) is 0 Å². The summed E-state index contributed by atoms with van der Waals surface area (Å²) < 4.78 is 7.54.